The Morgan fingerprint density at radius 2 is 1.90 bits per heavy atom. The molecule has 0 saturated heterocycles. The van der Waals surface area contributed by atoms with Crippen molar-refractivity contribution in [1.82, 2.24) is 9.78 Å². The summed E-state index contributed by atoms with van der Waals surface area (Å²) in [5, 5.41) is 13.9. The van der Waals surface area contributed by atoms with Crippen LogP contribution >= 0.6 is 11.6 Å². The predicted molar refractivity (Wildman–Crippen MR) is 79.3 cm³/mol. The Balaban J connectivity index is 2.44. The van der Waals surface area contributed by atoms with E-state index in [2.05, 4.69) is 5.10 Å². The lowest BCUT2D eigenvalue weighted by molar-refractivity contribution is 0.0687. The van der Waals surface area contributed by atoms with Crippen LogP contribution in [0.15, 0.2) is 53.3 Å². The van der Waals surface area contributed by atoms with E-state index in [1.165, 1.54) is 4.68 Å². The van der Waals surface area contributed by atoms with Crippen molar-refractivity contribution in [2.45, 2.75) is 0 Å². The molecule has 0 bridgehead atoms. The van der Waals surface area contributed by atoms with Crippen LogP contribution in [0.25, 0.3) is 16.6 Å². The zero-order valence-corrected chi connectivity index (χ0v) is 11.4. The molecule has 1 aromatic heterocycles. The molecule has 1 heterocycles. The predicted octanol–water partition coefficient (Wildman–Crippen LogP) is 2.74. The smallest absolute Gasteiger partial charge is 0.360 e. The number of rotatable bonds is 2. The molecular weight excluding hydrogens is 292 g/mol. The first-order valence-electron chi connectivity index (χ1n) is 6.09. The van der Waals surface area contributed by atoms with Gasteiger partial charge in [-0.3, -0.25) is 4.79 Å². The molecule has 2 aromatic carbocycles. The maximum Gasteiger partial charge on any atom is 0.360 e. The minimum Gasteiger partial charge on any atom is -0.476 e. The molecule has 0 aliphatic heterocycles. The molecule has 0 aliphatic rings. The number of carboxylic acids is 1. The summed E-state index contributed by atoms with van der Waals surface area (Å²) in [7, 11) is 0. The summed E-state index contributed by atoms with van der Waals surface area (Å²) in [6, 6.07) is 13.5. The first-order valence-corrected chi connectivity index (χ1v) is 6.47. The van der Waals surface area contributed by atoms with Crippen LogP contribution in [0.4, 0.5) is 0 Å². The Morgan fingerprint density at radius 1 is 1.14 bits per heavy atom. The van der Waals surface area contributed by atoms with Crippen LogP contribution in [0.5, 0.6) is 0 Å². The van der Waals surface area contributed by atoms with Gasteiger partial charge in [0.25, 0.3) is 0 Å². The van der Waals surface area contributed by atoms with E-state index in [4.69, 9.17) is 16.7 Å². The molecule has 0 atom stereocenters. The molecule has 0 fully saturated rings. The van der Waals surface area contributed by atoms with Crippen molar-refractivity contribution in [3.8, 4) is 5.69 Å². The Labute approximate surface area is 124 Å². The lowest BCUT2D eigenvalue weighted by Gasteiger charge is -2.10. The largest absolute Gasteiger partial charge is 0.476 e. The fourth-order valence-electron chi connectivity index (χ4n) is 2.12. The summed E-state index contributed by atoms with van der Waals surface area (Å²) in [6.45, 7) is 0. The molecule has 0 unspecified atom stereocenters. The van der Waals surface area contributed by atoms with Crippen molar-refractivity contribution >= 4 is 28.5 Å². The van der Waals surface area contributed by atoms with Crippen molar-refractivity contribution < 1.29 is 9.90 Å². The van der Waals surface area contributed by atoms with E-state index in [-0.39, 0.29) is 0 Å². The topological polar surface area (TPSA) is 72.2 Å². The highest BCUT2D eigenvalue weighted by atomic mass is 35.5. The van der Waals surface area contributed by atoms with E-state index in [1.807, 2.05) is 0 Å². The molecule has 21 heavy (non-hydrogen) atoms. The summed E-state index contributed by atoms with van der Waals surface area (Å²) in [4.78, 5) is 23.4. The normalized spacial score (nSPS) is 10.7. The number of hydrogen-bond acceptors (Lipinski definition) is 3. The molecule has 0 radical (unpaired) electrons. The van der Waals surface area contributed by atoms with E-state index in [0.717, 1.165) is 0 Å². The first kappa shape index (κ1) is 13.3. The van der Waals surface area contributed by atoms with Crippen LogP contribution in [-0.2, 0) is 0 Å². The Morgan fingerprint density at radius 3 is 2.62 bits per heavy atom. The summed E-state index contributed by atoms with van der Waals surface area (Å²) in [5.41, 5.74) is -0.0129. The summed E-state index contributed by atoms with van der Waals surface area (Å²) in [6.07, 6.45) is 0. The van der Waals surface area contributed by atoms with Crippen molar-refractivity contribution in [3.63, 3.8) is 0 Å². The number of fused-ring (bicyclic) bond motifs is 1. The lowest BCUT2D eigenvalue weighted by Crippen LogP contribution is -2.22. The van der Waals surface area contributed by atoms with Gasteiger partial charge in [0.2, 0.25) is 11.1 Å². The molecule has 0 amide bonds. The average Bonchev–Trinajstić information content (AvgIpc) is 2.47. The minimum atomic E-state index is -1.36. The van der Waals surface area contributed by atoms with Gasteiger partial charge in [-0.25, -0.2) is 9.48 Å². The maximum absolute atomic E-state index is 12.1. The molecule has 0 aliphatic carbocycles. The standard InChI is InChI=1S/C15H9ClN2O3/c16-9-4-3-5-10(8-9)18-12-7-2-1-6-11(12)14(19)13(17-18)15(20)21/h1-8H,(H,20,21). The second kappa shape index (κ2) is 5.03. The molecule has 5 nitrogen and oxygen atoms in total. The third-order valence-corrected chi connectivity index (χ3v) is 3.28. The van der Waals surface area contributed by atoms with Crippen LogP contribution in [0.2, 0.25) is 5.02 Å². The summed E-state index contributed by atoms with van der Waals surface area (Å²) in [5.74, 6) is -1.36. The number of aromatic nitrogens is 2. The fraction of sp³-hybridized carbons (Fsp3) is 0. The average molecular weight is 301 g/mol. The van der Waals surface area contributed by atoms with Crippen LogP contribution in [0, 0.1) is 0 Å². The van der Waals surface area contributed by atoms with Crippen molar-refractivity contribution in [2.24, 2.45) is 0 Å². The maximum atomic E-state index is 12.1. The Bertz CT molecular complexity index is 918. The van der Waals surface area contributed by atoms with Gasteiger partial charge in [-0.15, -0.1) is 0 Å². The zero-order chi connectivity index (χ0) is 15.0. The van der Waals surface area contributed by atoms with Gasteiger partial charge in [0.1, 0.15) is 0 Å². The van der Waals surface area contributed by atoms with Crippen LogP contribution < -0.4 is 5.43 Å². The van der Waals surface area contributed by atoms with Gasteiger partial charge in [-0.2, -0.15) is 5.10 Å². The van der Waals surface area contributed by atoms with Crippen LogP contribution in [0.3, 0.4) is 0 Å². The molecule has 3 aromatic rings. The van der Waals surface area contributed by atoms with Gasteiger partial charge in [0, 0.05) is 5.02 Å². The molecule has 0 saturated carbocycles. The third-order valence-electron chi connectivity index (χ3n) is 3.05. The quantitative estimate of drug-likeness (QED) is 0.790. The van der Waals surface area contributed by atoms with E-state index in [9.17, 15) is 9.59 Å². The Hall–Kier alpha value is -2.66. The molecular formula is C15H9ClN2O3. The molecule has 3 rings (SSSR count). The number of carboxylic acid groups (broad SMARTS) is 1. The van der Waals surface area contributed by atoms with Gasteiger partial charge >= 0.3 is 5.97 Å². The summed E-state index contributed by atoms with van der Waals surface area (Å²) >= 11 is 5.96. The SMILES string of the molecule is O=C(O)c1nn(-c2cccc(Cl)c2)c2ccccc2c1=O. The molecule has 1 N–H and O–H groups in total. The van der Waals surface area contributed by atoms with Crippen LogP contribution in [0.1, 0.15) is 10.5 Å². The molecule has 104 valence electrons. The highest BCUT2D eigenvalue weighted by Gasteiger charge is 2.16. The minimum absolute atomic E-state index is 0.296. The summed E-state index contributed by atoms with van der Waals surface area (Å²) < 4.78 is 1.41. The fourth-order valence-corrected chi connectivity index (χ4v) is 2.31. The van der Waals surface area contributed by atoms with E-state index in [0.29, 0.717) is 21.6 Å². The number of aromatic carboxylic acids is 1. The first-order chi connectivity index (χ1) is 10.1. The van der Waals surface area contributed by atoms with Crippen molar-refractivity contribution in [3.05, 3.63) is 69.5 Å². The van der Waals surface area contributed by atoms with Gasteiger partial charge < -0.3 is 5.11 Å². The van der Waals surface area contributed by atoms with E-state index >= 15 is 0 Å². The van der Waals surface area contributed by atoms with Gasteiger partial charge in [0.05, 0.1) is 16.6 Å². The molecule has 6 heteroatoms. The number of hydrogen-bond donors (Lipinski definition) is 1. The van der Waals surface area contributed by atoms with E-state index in [1.54, 1.807) is 48.5 Å². The lowest BCUT2D eigenvalue weighted by atomic mass is 10.2. The number of nitrogens with zero attached hydrogens (tertiary/aromatic N) is 2. The van der Waals surface area contributed by atoms with Crippen molar-refractivity contribution in [2.75, 3.05) is 0 Å². The second-order valence-electron chi connectivity index (χ2n) is 4.39. The van der Waals surface area contributed by atoms with Gasteiger partial charge in [-0.05, 0) is 30.3 Å². The third kappa shape index (κ3) is 2.28. The molecule has 0 spiro atoms. The highest BCUT2D eigenvalue weighted by Crippen LogP contribution is 2.18. The Kier molecular flexibility index (Phi) is 3.19. The zero-order valence-electron chi connectivity index (χ0n) is 10.7. The monoisotopic (exact) mass is 300 g/mol. The second-order valence-corrected chi connectivity index (χ2v) is 4.83. The van der Waals surface area contributed by atoms with Crippen molar-refractivity contribution in [1.29, 1.82) is 0 Å². The van der Waals surface area contributed by atoms with Gasteiger partial charge in [-0.1, -0.05) is 29.8 Å². The van der Waals surface area contributed by atoms with Gasteiger partial charge in [0.15, 0.2) is 0 Å². The number of benzene rings is 2. The number of para-hydroxylation sites is 1. The highest BCUT2D eigenvalue weighted by molar-refractivity contribution is 6.30. The number of halogens is 1. The van der Waals surface area contributed by atoms with E-state index < -0.39 is 17.1 Å². The number of carbonyl (C=O) groups is 1. The van der Waals surface area contributed by atoms with Crippen LogP contribution in [-0.4, -0.2) is 20.9 Å².